The van der Waals surface area contributed by atoms with Crippen molar-refractivity contribution in [2.24, 2.45) is 0 Å². The van der Waals surface area contributed by atoms with Crippen LogP contribution >= 0.6 is 11.6 Å². The second-order valence-electron chi connectivity index (χ2n) is 6.61. The number of piperidine rings is 1. The number of fused-ring (bicyclic) bond motifs is 1. The van der Waals surface area contributed by atoms with Crippen molar-refractivity contribution in [3.05, 3.63) is 58.0 Å². The van der Waals surface area contributed by atoms with Gasteiger partial charge in [0.1, 0.15) is 17.6 Å². The number of rotatable bonds is 5. The number of carbonyl (C=O) groups is 1. The number of benzene rings is 2. The third-order valence-corrected chi connectivity index (χ3v) is 4.92. The van der Waals surface area contributed by atoms with Crippen molar-refractivity contribution >= 4 is 28.6 Å². The monoisotopic (exact) mass is 402 g/mol. The molecule has 0 bridgehead atoms. The van der Waals surface area contributed by atoms with Gasteiger partial charge >= 0.3 is 5.76 Å². The van der Waals surface area contributed by atoms with Crippen LogP contribution in [0.3, 0.4) is 0 Å². The van der Waals surface area contributed by atoms with Gasteiger partial charge in [0.15, 0.2) is 12.2 Å². The summed E-state index contributed by atoms with van der Waals surface area (Å²) in [6.07, 6.45) is 1.60. The average Bonchev–Trinajstić information content (AvgIpc) is 3.08. The van der Waals surface area contributed by atoms with E-state index >= 15 is 0 Å². The Morgan fingerprint density at radius 3 is 2.61 bits per heavy atom. The SMILES string of the molecule is O=C(COc1ccc2oc(=O)[nH]c2c1)N1CCC(Oc2ccc(Cl)cc2)CC1. The minimum absolute atomic E-state index is 0.0592. The molecule has 1 N–H and O–H groups in total. The molecule has 0 atom stereocenters. The number of carbonyl (C=O) groups excluding carboxylic acids is 1. The van der Waals surface area contributed by atoms with E-state index in [1.165, 1.54) is 0 Å². The second kappa shape index (κ2) is 7.98. The summed E-state index contributed by atoms with van der Waals surface area (Å²) >= 11 is 5.88. The number of nitrogens with one attached hydrogen (secondary N) is 1. The lowest BCUT2D eigenvalue weighted by Gasteiger charge is -2.32. The highest BCUT2D eigenvalue weighted by Gasteiger charge is 2.24. The molecule has 1 aromatic heterocycles. The van der Waals surface area contributed by atoms with Crippen LogP contribution < -0.4 is 15.2 Å². The molecule has 3 aromatic rings. The van der Waals surface area contributed by atoms with Crippen molar-refractivity contribution in [2.75, 3.05) is 19.7 Å². The fourth-order valence-corrected chi connectivity index (χ4v) is 3.31. The lowest BCUT2D eigenvalue weighted by molar-refractivity contribution is -0.135. The highest BCUT2D eigenvalue weighted by Crippen LogP contribution is 2.22. The molecule has 0 aliphatic carbocycles. The molecule has 0 unspecified atom stereocenters. The summed E-state index contributed by atoms with van der Waals surface area (Å²) in [6.45, 7) is 1.18. The molecule has 0 spiro atoms. The normalized spacial score (nSPS) is 15.0. The number of likely N-dealkylation sites (tertiary alicyclic amines) is 1. The number of nitrogens with zero attached hydrogens (tertiary/aromatic N) is 1. The number of oxazole rings is 1. The number of hydrogen-bond acceptors (Lipinski definition) is 5. The van der Waals surface area contributed by atoms with Crippen molar-refractivity contribution in [3.8, 4) is 11.5 Å². The van der Waals surface area contributed by atoms with E-state index in [4.69, 9.17) is 25.5 Å². The van der Waals surface area contributed by atoms with E-state index in [1.807, 2.05) is 12.1 Å². The second-order valence-corrected chi connectivity index (χ2v) is 7.05. The summed E-state index contributed by atoms with van der Waals surface area (Å²) in [4.78, 5) is 27.9. The third kappa shape index (κ3) is 4.31. The molecule has 1 fully saturated rings. The van der Waals surface area contributed by atoms with E-state index in [2.05, 4.69) is 4.98 Å². The minimum Gasteiger partial charge on any atom is -0.490 e. The number of H-pyrrole nitrogens is 1. The molecule has 146 valence electrons. The molecule has 1 saturated heterocycles. The van der Waals surface area contributed by atoms with Crippen LogP contribution in [0.1, 0.15) is 12.8 Å². The van der Waals surface area contributed by atoms with Crippen LogP contribution in [0.15, 0.2) is 51.7 Å². The number of aromatic amines is 1. The van der Waals surface area contributed by atoms with Crippen LogP contribution in [0.4, 0.5) is 0 Å². The molecule has 0 saturated carbocycles. The maximum atomic E-state index is 12.4. The Bertz CT molecular complexity index is 1020. The summed E-state index contributed by atoms with van der Waals surface area (Å²) in [5.41, 5.74) is 0.988. The summed E-state index contributed by atoms with van der Waals surface area (Å²) < 4.78 is 16.5. The van der Waals surface area contributed by atoms with Crippen LogP contribution in [-0.2, 0) is 4.79 Å². The minimum atomic E-state index is -0.521. The molecular weight excluding hydrogens is 384 g/mol. The van der Waals surface area contributed by atoms with Crippen molar-refractivity contribution in [2.45, 2.75) is 18.9 Å². The summed E-state index contributed by atoms with van der Waals surface area (Å²) in [6, 6.07) is 12.2. The van der Waals surface area contributed by atoms with Crippen molar-refractivity contribution < 1.29 is 18.7 Å². The lowest BCUT2D eigenvalue weighted by atomic mass is 10.1. The highest BCUT2D eigenvalue weighted by atomic mass is 35.5. The smallest absolute Gasteiger partial charge is 0.417 e. The Labute approximate surface area is 165 Å². The van der Waals surface area contributed by atoms with Gasteiger partial charge in [0.2, 0.25) is 0 Å². The van der Waals surface area contributed by atoms with E-state index in [0.717, 1.165) is 18.6 Å². The Balaban J connectivity index is 1.26. The van der Waals surface area contributed by atoms with E-state index in [9.17, 15) is 9.59 Å². The van der Waals surface area contributed by atoms with Crippen molar-refractivity contribution in [1.29, 1.82) is 0 Å². The largest absolute Gasteiger partial charge is 0.490 e. The molecule has 1 aliphatic rings. The lowest BCUT2D eigenvalue weighted by Crippen LogP contribution is -2.43. The number of amides is 1. The van der Waals surface area contributed by atoms with Crippen LogP contribution in [0.2, 0.25) is 5.02 Å². The van der Waals surface area contributed by atoms with Gasteiger partial charge in [-0.2, -0.15) is 0 Å². The molecule has 2 heterocycles. The van der Waals surface area contributed by atoms with Gasteiger partial charge in [0.05, 0.1) is 5.52 Å². The Morgan fingerprint density at radius 1 is 1.14 bits per heavy atom. The van der Waals surface area contributed by atoms with Crippen LogP contribution in [0.5, 0.6) is 11.5 Å². The first-order chi connectivity index (χ1) is 13.6. The van der Waals surface area contributed by atoms with Gasteiger partial charge in [-0.15, -0.1) is 0 Å². The maximum absolute atomic E-state index is 12.4. The zero-order valence-corrected chi connectivity index (χ0v) is 15.8. The Morgan fingerprint density at radius 2 is 1.86 bits per heavy atom. The summed E-state index contributed by atoms with van der Waals surface area (Å²) in [5, 5.41) is 0.672. The molecule has 1 aliphatic heterocycles. The molecule has 28 heavy (non-hydrogen) atoms. The number of ether oxygens (including phenoxy) is 2. The third-order valence-electron chi connectivity index (χ3n) is 4.66. The van der Waals surface area contributed by atoms with Gasteiger partial charge in [-0.05, 0) is 36.4 Å². The van der Waals surface area contributed by atoms with Crippen LogP contribution in [0.25, 0.3) is 11.1 Å². The average molecular weight is 403 g/mol. The molecule has 4 rings (SSSR count). The zero-order chi connectivity index (χ0) is 19.5. The topological polar surface area (TPSA) is 84.8 Å². The van der Waals surface area contributed by atoms with Gasteiger partial charge in [-0.1, -0.05) is 11.6 Å². The number of hydrogen-bond donors (Lipinski definition) is 1. The number of aromatic nitrogens is 1. The van der Waals surface area contributed by atoms with E-state index in [1.54, 1.807) is 35.2 Å². The fourth-order valence-electron chi connectivity index (χ4n) is 3.19. The van der Waals surface area contributed by atoms with Crippen molar-refractivity contribution in [1.82, 2.24) is 9.88 Å². The first kappa shape index (κ1) is 18.4. The van der Waals surface area contributed by atoms with Crippen LogP contribution in [-0.4, -0.2) is 41.6 Å². The number of halogens is 1. The maximum Gasteiger partial charge on any atom is 0.417 e. The van der Waals surface area contributed by atoms with Gasteiger partial charge in [-0.25, -0.2) is 4.79 Å². The predicted molar refractivity (Wildman–Crippen MR) is 104 cm³/mol. The molecule has 1 amide bonds. The molecule has 8 heteroatoms. The Hall–Kier alpha value is -2.93. The summed E-state index contributed by atoms with van der Waals surface area (Å²) in [7, 11) is 0. The van der Waals surface area contributed by atoms with E-state index in [0.29, 0.717) is 35.0 Å². The zero-order valence-electron chi connectivity index (χ0n) is 15.0. The first-order valence-corrected chi connectivity index (χ1v) is 9.40. The quantitative estimate of drug-likeness (QED) is 0.708. The van der Waals surface area contributed by atoms with Gasteiger partial charge in [0, 0.05) is 37.0 Å². The predicted octanol–water partition coefficient (Wildman–Crippen LogP) is 3.22. The van der Waals surface area contributed by atoms with Gasteiger partial charge < -0.3 is 18.8 Å². The standard InChI is InChI=1S/C20H19ClN2O5/c21-13-1-3-14(4-2-13)27-15-7-9-23(10-8-15)19(24)12-26-16-5-6-18-17(11-16)22-20(25)28-18/h1-6,11,15H,7-10,12H2,(H,22,25). The van der Waals surface area contributed by atoms with Gasteiger partial charge in [-0.3, -0.25) is 9.78 Å². The van der Waals surface area contributed by atoms with Crippen molar-refractivity contribution in [3.63, 3.8) is 0 Å². The first-order valence-electron chi connectivity index (χ1n) is 9.02. The molecule has 2 aromatic carbocycles. The van der Waals surface area contributed by atoms with Crippen LogP contribution in [0, 0.1) is 0 Å². The fraction of sp³-hybridized carbons (Fsp3) is 0.300. The Kier molecular flexibility index (Phi) is 5.25. The highest BCUT2D eigenvalue weighted by molar-refractivity contribution is 6.30. The van der Waals surface area contributed by atoms with Gasteiger partial charge in [0.25, 0.3) is 5.91 Å². The molecular formula is C20H19ClN2O5. The summed E-state index contributed by atoms with van der Waals surface area (Å²) in [5.74, 6) is 0.682. The van der Waals surface area contributed by atoms with E-state index in [-0.39, 0.29) is 18.6 Å². The van der Waals surface area contributed by atoms with E-state index < -0.39 is 5.76 Å². The molecule has 0 radical (unpaired) electrons. The molecule has 7 nitrogen and oxygen atoms in total.